The molecule has 1 aromatic rings. The summed E-state index contributed by atoms with van der Waals surface area (Å²) in [6.07, 6.45) is -0.456. The van der Waals surface area contributed by atoms with Crippen molar-refractivity contribution in [1.82, 2.24) is 4.90 Å². The van der Waals surface area contributed by atoms with Crippen molar-refractivity contribution in [2.45, 2.75) is 13.0 Å². The summed E-state index contributed by atoms with van der Waals surface area (Å²) in [6, 6.07) is 4.52. The molecule has 1 aliphatic rings. The number of β-amino-alcohol motifs (C(OH)–C–C–N with tert-alkyl or cyclic N) is 1. The van der Waals surface area contributed by atoms with Crippen molar-refractivity contribution >= 4 is 5.91 Å². The van der Waals surface area contributed by atoms with Crippen molar-refractivity contribution in [3.63, 3.8) is 0 Å². The third kappa shape index (κ3) is 1.85. The summed E-state index contributed by atoms with van der Waals surface area (Å²) in [4.78, 5) is 13.1. The van der Waals surface area contributed by atoms with Crippen LogP contribution in [0, 0.1) is 12.7 Å². The van der Waals surface area contributed by atoms with Gasteiger partial charge in [0.15, 0.2) is 0 Å². The first-order valence-corrected chi connectivity index (χ1v) is 4.81. The first-order valence-electron chi connectivity index (χ1n) is 4.81. The highest BCUT2D eigenvalue weighted by molar-refractivity contribution is 5.95. The minimum atomic E-state index is -0.499. The number of nitrogens with zero attached hydrogens (tertiary/aromatic N) is 1. The maximum absolute atomic E-state index is 13.4. The Morgan fingerprint density at radius 3 is 2.73 bits per heavy atom. The van der Waals surface area contributed by atoms with Gasteiger partial charge in [0, 0.05) is 13.1 Å². The molecule has 0 saturated carbocycles. The predicted octanol–water partition coefficient (Wildman–Crippen LogP) is 0.951. The number of halogens is 1. The number of rotatable bonds is 1. The van der Waals surface area contributed by atoms with E-state index in [4.69, 9.17) is 5.11 Å². The molecule has 2 rings (SSSR count). The van der Waals surface area contributed by atoms with E-state index in [9.17, 15) is 9.18 Å². The average molecular weight is 209 g/mol. The van der Waals surface area contributed by atoms with E-state index >= 15 is 0 Å². The number of aliphatic hydroxyl groups excluding tert-OH is 1. The van der Waals surface area contributed by atoms with Gasteiger partial charge >= 0.3 is 0 Å². The molecule has 80 valence electrons. The van der Waals surface area contributed by atoms with E-state index in [0.29, 0.717) is 13.1 Å². The van der Waals surface area contributed by atoms with Gasteiger partial charge in [0.05, 0.1) is 11.7 Å². The molecule has 3 nitrogen and oxygen atoms in total. The molecule has 0 unspecified atom stereocenters. The van der Waals surface area contributed by atoms with Crippen LogP contribution in [0.5, 0.6) is 0 Å². The Bertz CT molecular complexity index is 400. The van der Waals surface area contributed by atoms with Gasteiger partial charge in [-0.2, -0.15) is 0 Å². The fraction of sp³-hybridized carbons (Fsp3) is 0.364. The quantitative estimate of drug-likeness (QED) is 0.748. The van der Waals surface area contributed by atoms with Crippen LogP contribution in [0.2, 0.25) is 0 Å². The molecular formula is C11H12FNO2. The molecule has 0 bridgehead atoms. The van der Waals surface area contributed by atoms with E-state index in [1.165, 1.54) is 17.0 Å². The van der Waals surface area contributed by atoms with Gasteiger partial charge in [0.2, 0.25) is 0 Å². The van der Waals surface area contributed by atoms with Crippen LogP contribution in [0.25, 0.3) is 0 Å². The lowest BCUT2D eigenvalue weighted by molar-refractivity contribution is 0.00559. The van der Waals surface area contributed by atoms with Crippen molar-refractivity contribution in [1.29, 1.82) is 0 Å². The van der Waals surface area contributed by atoms with Gasteiger partial charge in [-0.25, -0.2) is 4.39 Å². The van der Waals surface area contributed by atoms with Crippen molar-refractivity contribution in [2.75, 3.05) is 13.1 Å². The van der Waals surface area contributed by atoms with E-state index in [2.05, 4.69) is 0 Å². The molecule has 0 radical (unpaired) electrons. The normalized spacial score (nSPS) is 16.3. The molecule has 1 N–H and O–H groups in total. The fourth-order valence-electron chi connectivity index (χ4n) is 1.59. The van der Waals surface area contributed by atoms with Gasteiger partial charge in [0.25, 0.3) is 5.91 Å². The number of benzene rings is 1. The van der Waals surface area contributed by atoms with Gasteiger partial charge in [-0.05, 0) is 24.6 Å². The van der Waals surface area contributed by atoms with Crippen LogP contribution >= 0.6 is 0 Å². The number of carbonyl (C=O) groups is 1. The topological polar surface area (TPSA) is 40.5 Å². The Morgan fingerprint density at radius 2 is 2.20 bits per heavy atom. The molecule has 1 fully saturated rings. The Kier molecular flexibility index (Phi) is 2.44. The van der Waals surface area contributed by atoms with Crippen LogP contribution in [0.4, 0.5) is 4.39 Å². The Hall–Kier alpha value is -1.42. The fourth-order valence-corrected chi connectivity index (χ4v) is 1.59. The van der Waals surface area contributed by atoms with Gasteiger partial charge in [-0.1, -0.05) is 6.07 Å². The molecule has 1 heterocycles. The monoisotopic (exact) mass is 209 g/mol. The highest BCUT2D eigenvalue weighted by Crippen LogP contribution is 2.16. The SMILES string of the molecule is Cc1ccc(C(=O)N2CC(O)C2)c(F)c1. The summed E-state index contributed by atoms with van der Waals surface area (Å²) in [7, 11) is 0. The highest BCUT2D eigenvalue weighted by atomic mass is 19.1. The molecular weight excluding hydrogens is 197 g/mol. The number of aryl methyl sites for hydroxylation is 1. The largest absolute Gasteiger partial charge is 0.389 e. The van der Waals surface area contributed by atoms with E-state index in [-0.39, 0.29) is 11.5 Å². The Labute approximate surface area is 87.1 Å². The highest BCUT2D eigenvalue weighted by Gasteiger charge is 2.30. The Balaban J connectivity index is 2.19. The minimum absolute atomic E-state index is 0.0764. The molecule has 0 atom stereocenters. The molecule has 0 aromatic heterocycles. The second kappa shape index (κ2) is 3.62. The number of carbonyl (C=O) groups excluding carboxylic acids is 1. The molecule has 4 heteroatoms. The number of amides is 1. The smallest absolute Gasteiger partial charge is 0.257 e. The lowest BCUT2D eigenvalue weighted by Gasteiger charge is -2.35. The zero-order chi connectivity index (χ0) is 11.0. The molecule has 0 spiro atoms. The second-order valence-corrected chi connectivity index (χ2v) is 3.85. The van der Waals surface area contributed by atoms with Crippen molar-refractivity contribution < 1.29 is 14.3 Å². The zero-order valence-corrected chi connectivity index (χ0v) is 8.40. The second-order valence-electron chi connectivity index (χ2n) is 3.85. The van der Waals surface area contributed by atoms with Gasteiger partial charge < -0.3 is 10.0 Å². The van der Waals surface area contributed by atoms with E-state index in [0.717, 1.165) is 5.56 Å². The van der Waals surface area contributed by atoms with Crippen LogP contribution in [-0.2, 0) is 0 Å². The molecule has 15 heavy (non-hydrogen) atoms. The van der Waals surface area contributed by atoms with Crippen LogP contribution < -0.4 is 0 Å². The van der Waals surface area contributed by atoms with Crippen LogP contribution in [0.1, 0.15) is 15.9 Å². The molecule has 0 aliphatic carbocycles. The maximum atomic E-state index is 13.4. The first kappa shape index (κ1) is 10.1. The summed E-state index contributed by atoms with van der Waals surface area (Å²) >= 11 is 0. The van der Waals surface area contributed by atoms with Crippen LogP contribution in [0.15, 0.2) is 18.2 Å². The Morgan fingerprint density at radius 1 is 1.53 bits per heavy atom. The third-order valence-corrected chi connectivity index (χ3v) is 2.50. The zero-order valence-electron chi connectivity index (χ0n) is 8.40. The van der Waals surface area contributed by atoms with Crippen LogP contribution in [-0.4, -0.2) is 35.1 Å². The maximum Gasteiger partial charge on any atom is 0.257 e. The third-order valence-electron chi connectivity index (χ3n) is 2.50. The molecule has 1 aliphatic heterocycles. The van der Waals surface area contributed by atoms with Crippen molar-refractivity contribution in [3.05, 3.63) is 35.1 Å². The van der Waals surface area contributed by atoms with Crippen LogP contribution in [0.3, 0.4) is 0 Å². The van der Waals surface area contributed by atoms with E-state index < -0.39 is 11.9 Å². The lowest BCUT2D eigenvalue weighted by Crippen LogP contribution is -2.53. The molecule has 1 amide bonds. The van der Waals surface area contributed by atoms with E-state index in [1.54, 1.807) is 13.0 Å². The average Bonchev–Trinajstić information content (AvgIpc) is 2.12. The number of hydrogen-bond acceptors (Lipinski definition) is 2. The summed E-state index contributed by atoms with van der Waals surface area (Å²) in [5.74, 6) is -0.848. The molecule has 1 saturated heterocycles. The van der Waals surface area contributed by atoms with Gasteiger partial charge in [-0.3, -0.25) is 4.79 Å². The van der Waals surface area contributed by atoms with E-state index in [1.807, 2.05) is 0 Å². The summed E-state index contributed by atoms with van der Waals surface area (Å²) in [5.41, 5.74) is 0.861. The summed E-state index contributed by atoms with van der Waals surface area (Å²) in [5, 5.41) is 9.04. The van der Waals surface area contributed by atoms with Gasteiger partial charge in [0.1, 0.15) is 5.82 Å². The lowest BCUT2D eigenvalue weighted by atomic mass is 10.1. The van der Waals surface area contributed by atoms with Crippen molar-refractivity contribution in [3.8, 4) is 0 Å². The minimum Gasteiger partial charge on any atom is -0.389 e. The predicted molar refractivity (Wildman–Crippen MR) is 53.0 cm³/mol. The number of likely N-dealkylation sites (tertiary alicyclic amines) is 1. The number of hydrogen-bond donors (Lipinski definition) is 1. The summed E-state index contributed by atoms with van der Waals surface area (Å²) < 4.78 is 13.4. The standard InChI is InChI=1S/C11H12FNO2/c1-7-2-3-9(10(12)4-7)11(15)13-5-8(14)6-13/h2-4,8,14H,5-6H2,1H3. The van der Waals surface area contributed by atoms with Gasteiger partial charge in [-0.15, -0.1) is 0 Å². The number of aliphatic hydroxyl groups is 1. The first-order chi connectivity index (χ1) is 7.08. The molecule has 1 aromatic carbocycles. The summed E-state index contributed by atoms with van der Waals surface area (Å²) in [6.45, 7) is 2.36. The van der Waals surface area contributed by atoms with Crippen molar-refractivity contribution in [2.24, 2.45) is 0 Å².